The minimum Gasteiger partial charge on any atom is -0.354 e. The molecule has 0 fully saturated rings. The van der Waals surface area contributed by atoms with E-state index in [1.807, 2.05) is 13.8 Å². The molecule has 0 radical (unpaired) electrons. The van der Waals surface area contributed by atoms with Crippen LogP contribution >= 0.6 is 46.4 Å². The van der Waals surface area contributed by atoms with Crippen molar-refractivity contribution in [3.63, 3.8) is 0 Å². The third-order valence-electron chi connectivity index (χ3n) is 6.35. The molecule has 0 aliphatic carbocycles. The Morgan fingerprint density at radius 2 is 1.46 bits per heavy atom. The molecule has 12 heteroatoms. The van der Waals surface area contributed by atoms with Crippen molar-refractivity contribution in [2.24, 2.45) is 0 Å². The molecule has 1 N–H and O–H groups in total. The Labute approximate surface area is 261 Å². The minimum atomic E-state index is -4.24. The lowest BCUT2D eigenvalue weighted by molar-refractivity contribution is -0.140. The lowest BCUT2D eigenvalue weighted by atomic mass is 10.1. The van der Waals surface area contributed by atoms with Gasteiger partial charge in [-0.3, -0.25) is 13.9 Å². The molecule has 220 valence electrons. The van der Waals surface area contributed by atoms with Crippen LogP contribution in [0.3, 0.4) is 0 Å². The highest BCUT2D eigenvalue weighted by Crippen LogP contribution is 2.31. The van der Waals surface area contributed by atoms with Crippen LogP contribution in [0.1, 0.15) is 37.8 Å². The molecule has 0 saturated heterocycles. The number of nitrogens with one attached hydrogen (secondary N) is 1. The average Bonchev–Trinajstić information content (AvgIpc) is 2.94. The van der Waals surface area contributed by atoms with E-state index in [-0.39, 0.29) is 33.1 Å². The summed E-state index contributed by atoms with van der Waals surface area (Å²) in [6.07, 6.45) is 1.00. The van der Waals surface area contributed by atoms with Gasteiger partial charge in [0.15, 0.2) is 0 Å². The minimum absolute atomic E-state index is 0.00638. The van der Waals surface area contributed by atoms with E-state index in [0.29, 0.717) is 35.0 Å². The lowest BCUT2D eigenvalue weighted by Crippen LogP contribution is -2.52. The summed E-state index contributed by atoms with van der Waals surface area (Å²) >= 11 is 24.7. The summed E-state index contributed by atoms with van der Waals surface area (Å²) in [6, 6.07) is 14.6. The van der Waals surface area contributed by atoms with Gasteiger partial charge in [0.05, 0.1) is 30.7 Å². The zero-order valence-corrected chi connectivity index (χ0v) is 26.7. The standard InChI is InChI=1S/C29H31Cl4N3O4S/c1-4-14-34-29(38)27(5-2)35(17-20-8-12-23(30)25(32)15-20)28(37)18-36(21-9-13-24(31)26(33)16-21)41(39,40)22-10-6-19(3)7-11-22/h6-13,15-16,27H,4-5,14,17-18H2,1-3H3,(H,34,38)/t27-/m0/s1. The molecule has 3 aromatic rings. The van der Waals surface area contributed by atoms with Crippen LogP contribution in [-0.2, 0) is 26.2 Å². The lowest BCUT2D eigenvalue weighted by Gasteiger charge is -2.33. The Balaban J connectivity index is 2.09. The average molecular weight is 659 g/mol. The van der Waals surface area contributed by atoms with Crippen molar-refractivity contribution < 1.29 is 18.0 Å². The molecule has 7 nitrogen and oxygen atoms in total. The maximum Gasteiger partial charge on any atom is 0.264 e. The first-order chi connectivity index (χ1) is 19.4. The first kappa shape index (κ1) is 33.0. The van der Waals surface area contributed by atoms with Crippen molar-refractivity contribution in [3.05, 3.63) is 91.9 Å². The second kappa shape index (κ2) is 14.6. The fourth-order valence-corrected chi connectivity index (χ4v) is 6.15. The number of benzene rings is 3. The summed E-state index contributed by atoms with van der Waals surface area (Å²) in [7, 11) is -4.24. The van der Waals surface area contributed by atoms with Gasteiger partial charge in [-0.05, 0) is 67.8 Å². The van der Waals surface area contributed by atoms with Crippen molar-refractivity contribution in [2.45, 2.75) is 51.1 Å². The number of halogens is 4. The van der Waals surface area contributed by atoms with E-state index in [4.69, 9.17) is 46.4 Å². The van der Waals surface area contributed by atoms with Gasteiger partial charge in [-0.2, -0.15) is 0 Å². The van der Waals surface area contributed by atoms with Crippen molar-refractivity contribution in [2.75, 3.05) is 17.4 Å². The molecule has 3 aromatic carbocycles. The molecule has 0 heterocycles. The van der Waals surface area contributed by atoms with Gasteiger partial charge in [0.1, 0.15) is 12.6 Å². The molecule has 0 aromatic heterocycles. The normalized spacial score (nSPS) is 12.1. The summed E-state index contributed by atoms with van der Waals surface area (Å²) in [4.78, 5) is 28.6. The molecule has 1 atom stereocenters. The predicted molar refractivity (Wildman–Crippen MR) is 167 cm³/mol. The fraction of sp³-hybridized carbons (Fsp3) is 0.310. The molecule has 2 amide bonds. The highest BCUT2D eigenvalue weighted by atomic mass is 35.5. The molecule has 41 heavy (non-hydrogen) atoms. The number of anilines is 1. The Morgan fingerprint density at radius 3 is 2.02 bits per heavy atom. The van der Waals surface area contributed by atoms with Crippen molar-refractivity contribution >= 4 is 73.9 Å². The molecule has 0 unspecified atom stereocenters. The van der Waals surface area contributed by atoms with Crippen LogP contribution in [0.5, 0.6) is 0 Å². The molecule has 0 bridgehead atoms. The van der Waals surface area contributed by atoms with Crippen molar-refractivity contribution in [1.29, 1.82) is 0 Å². The maximum absolute atomic E-state index is 14.1. The van der Waals surface area contributed by atoms with Gasteiger partial charge in [-0.1, -0.05) is 84.0 Å². The topological polar surface area (TPSA) is 86.8 Å². The first-order valence-electron chi connectivity index (χ1n) is 12.9. The largest absolute Gasteiger partial charge is 0.354 e. The zero-order valence-electron chi connectivity index (χ0n) is 22.8. The Hall–Kier alpha value is -2.49. The van der Waals surface area contributed by atoms with Crippen LogP contribution in [0.15, 0.2) is 65.6 Å². The highest BCUT2D eigenvalue weighted by molar-refractivity contribution is 7.92. The fourth-order valence-electron chi connectivity index (χ4n) is 4.13. The van der Waals surface area contributed by atoms with E-state index in [1.54, 1.807) is 37.3 Å². The van der Waals surface area contributed by atoms with Crippen molar-refractivity contribution in [3.8, 4) is 0 Å². The smallest absolute Gasteiger partial charge is 0.264 e. The summed E-state index contributed by atoms with van der Waals surface area (Å²) in [6.45, 7) is 5.37. The van der Waals surface area contributed by atoms with Gasteiger partial charge in [0, 0.05) is 13.1 Å². The number of carbonyl (C=O) groups excluding carboxylic acids is 2. The van der Waals surface area contributed by atoms with Crippen LogP contribution in [0.4, 0.5) is 5.69 Å². The van der Waals surface area contributed by atoms with Gasteiger partial charge in [-0.15, -0.1) is 0 Å². The van der Waals surface area contributed by atoms with Gasteiger partial charge < -0.3 is 10.2 Å². The Morgan fingerprint density at radius 1 is 0.854 bits per heavy atom. The Kier molecular flexibility index (Phi) is 11.8. The van der Waals surface area contributed by atoms with E-state index in [0.717, 1.165) is 9.87 Å². The van der Waals surface area contributed by atoms with E-state index >= 15 is 0 Å². The molecule has 0 saturated carbocycles. The van der Waals surface area contributed by atoms with Crippen LogP contribution in [0.2, 0.25) is 20.1 Å². The molecular weight excluding hydrogens is 628 g/mol. The molecule has 0 aliphatic rings. The number of sulfonamides is 1. The number of amides is 2. The number of hydrogen-bond donors (Lipinski definition) is 1. The Bertz CT molecular complexity index is 1500. The first-order valence-corrected chi connectivity index (χ1v) is 15.9. The highest BCUT2D eigenvalue weighted by Gasteiger charge is 2.34. The van der Waals surface area contributed by atoms with Crippen LogP contribution in [0, 0.1) is 6.92 Å². The van der Waals surface area contributed by atoms with E-state index in [2.05, 4.69) is 5.32 Å². The summed E-state index contributed by atoms with van der Waals surface area (Å²) in [5.74, 6) is -0.943. The predicted octanol–water partition coefficient (Wildman–Crippen LogP) is 7.14. The summed E-state index contributed by atoms with van der Waals surface area (Å²) in [5.41, 5.74) is 1.64. The third kappa shape index (κ3) is 8.30. The van der Waals surface area contributed by atoms with Gasteiger partial charge >= 0.3 is 0 Å². The van der Waals surface area contributed by atoms with Gasteiger partial charge in [-0.25, -0.2) is 8.42 Å². The monoisotopic (exact) mass is 657 g/mol. The SMILES string of the molecule is CCCNC(=O)[C@H](CC)N(Cc1ccc(Cl)c(Cl)c1)C(=O)CN(c1ccc(Cl)c(Cl)c1)S(=O)(=O)c1ccc(C)cc1. The molecule has 0 spiro atoms. The second-order valence-electron chi connectivity index (χ2n) is 9.41. The van der Waals surface area contributed by atoms with E-state index < -0.39 is 28.5 Å². The van der Waals surface area contributed by atoms with E-state index in [1.165, 1.54) is 35.2 Å². The number of rotatable bonds is 12. The van der Waals surface area contributed by atoms with Gasteiger partial charge in [0.25, 0.3) is 10.0 Å². The number of carbonyl (C=O) groups is 2. The molecule has 0 aliphatic heterocycles. The van der Waals surface area contributed by atoms with Gasteiger partial charge in [0.2, 0.25) is 11.8 Å². The second-order valence-corrected chi connectivity index (χ2v) is 12.9. The van der Waals surface area contributed by atoms with Crippen LogP contribution in [0.25, 0.3) is 0 Å². The summed E-state index contributed by atoms with van der Waals surface area (Å²) in [5, 5.41) is 3.83. The molecular formula is C29H31Cl4N3O4S. The van der Waals surface area contributed by atoms with Crippen molar-refractivity contribution in [1.82, 2.24) is 10.2 Å². The van der Waals surface area contributed by atoms with Crippen LogP contribution < -0.4 is 9.62 Å². The third-order valence-corrected chi connectivity index (χ3v) is 9.62. The maximum atomic E-state index is 14.1. The number of hydrogen-bond acceptors (Lipinski definition) is 4. The summed E-state index contributed by atoms with van der Waals surface area (Å²) < 4.78 is 28.8. The quantitative estimate of drug-likeness (QED) is 0.224. The molecule has 3 rings (SSSR count). The number of aryl methyl sites for hydroxylation is 1. The zero-order chi connectivity index (χ0) is 30.3. The van der Waals surface area contributed by atoms with Crippen LogP contribution in [-0.4, -0.2) is 44.3 Å². The van der Waals surface area contributed by atoms with E-state index in [9.17, 15) is 18.0 Å². The number of nitrogens with zero attached hydrogens (tertiary/aromatic N) is 2.